The van der Waals surface area contributed by atoms with Crippen molar-refractivity contribution in [2.75, 3.05) is 0 Å². The fourth-order valence-corrected chi connectivity index (χ4v) is 1.20. The minimum Gasteiger partial charge on any atom is -0.423 e. The fourth-order valence-electron chi connectivity index (χ4n) is 1.20. The summed E-state index contributed by atoms with van der Waals surface area (Å²) in [6.07, 6.45) is 9.72. The first-order chi connectivity index (χ1) is 7.56. The number of allylic oxidation sites excluding steroid dienone is 8. The van der Waals surface area contributed by atoms with Gasteiger partial charge in [-0.1, -0.05) is 50.5 Å². The van der Waals surface area contributed by atoms with E-state index in [0.717, 1.165) is 17.6 Å². The first-order valence-electron chi connectivity index (χ1n) is 5.28. The Balaban J connectivity index is 4.96. The summed E-state index contributed by atoms with van der Waals surface area (Å²) in [5.41, 5.74) is 2.17. The summed E-state index contributed by atoms with van der Waals surface area (Å²) in [5.74, 6) is 0. The monoisotopic (exact) mass is 218 g/mol. The van der Waals surface area contributed by atoms with Crippen LogP contribution in [0.3, 0.4) is 0 Å². The van der Waals surface area contributed by atoms with Crippen LogP contribution in [-0.4, -0.2) is 17.2 Å². The topological polar surface area (TPSA) is 40.5 Å². The summed E-state index contributed by atoms with van der Waals surface area (Å²) in [6, 6.07) is 0. The molecule has 2 N–H and O–H groups in total. The number of rotatable bonds is 6. The van der Waals surface area contributed by atoms with E-state index in [1.165, 1.54) is 6.08 Å². The van der Waals surface area contributed by atoms with Crippen molar-refractivity contribution >= 4 is 7.12 Å². The Morgan fingerprint density at radius 3 is 2.38 bits per heavy atom. The first-order valence-corrected chi connectivity index (χ1v) is 5.28. The van der Waals surface area contributed by atoms with Crippen LogP contribution in [0.5, 0.6) is 0 Å². The molecule has 0 aromatic heterocycles. The summed E-state index contributed by atoms with van der Waals surface area (Å²) in [4.78, 5) is 0. The molecule has 0 saturated heterocycles. The maximum absolute atomic E-state index is 9.03. The van der Waals surface area contributed by atoms with E-state index >= 15 is 0 Å². The molecule has 2 nitrogen and oxygen atoms in total. The van der Waals surface area contributed by atoms with E-state index < -0.39 is 7.12 Å². The van der Waals surface area contributed by atoms with Crippen molar-refractivity contribution in [3.8, 4) is 0 Å². The molecular formula is C13H19BO2. The van der Waals surface area contributed by atoms with Gasteiger partial charge in [0.1, 0.15) is 0 Å². The highest BCUT2D eigenvalue weighted by atomic mass is 16.4. The van der Waals surface area contributed by atoms with E-state index in [9.17, 15) is 0 Å². The van der Waals surface area contributed by atoms with Crippen LogP contribution in [0.15, 0.2) is 60.2 Å². The maximum Gasteiger partial charge on any atom is 0.488 e. The Morgan fingerprint density at radius 1 is 1.38 bits per heavy atom. The molecular weight excluding hydrogens is 199 g/mol. The van der Waals surface area contributed by atoms with Gasteiger partial charge in [-0.25, -0.2) is 0 Å². The summed E-state index contributed by atoms with van der Waals surface area (Å²) < 4.78 is 0. The van der Waals surface area contributed by atoms with Crippen molar-refractivity contribution in [2.24, 2.45) is 0 Å². The van der Waals surface area contributed by atoms with Gasteiger partial charge in [0.25, 0.3) is 0 Å². The SMILES string of the molecule is C=C/C(=C\C(=C)/C(=C/C=C\C)CC)B(O)O. The molecule has 3 heteroatoms. The molecule has 0 bridgehead atoms. The Bertz CT molecular complexity index is 336. The Hall–Kier alpha value is -1.32. The second-order valence-corrected chi connectivity index (χ2v) is 3.32. The standard InChI is InChI=1S/C13H19BO2/c1-5-8-9-12(6-2)11(4)10-13(7-3)14(15)16/h5,7-10,15-16H,3-4,6H2,1-2H3/b8-5-,12-9+,13-10+. The first kappa shape index (κ1) is 14.7. The predicted octanol–water partition coefficient (Wildman–Crippen LogP) is 2.58. The number of hydrogen-bond donors (Lipinski definition) is 2. The molecule has 0 atom stereocenters. The molecule has 0 unspecified atom stereocenters. The number of hydrogen-bond acceptors (Lipinski definition) is 2. The van der Waals surface area contributed by atoms with Gasteiger partial charge in [-0.05, 0) is 30.0 Å². The molecule has 0 heterocycles. The predicted molar refractivity (Wildman–Crippen MR) is 70.8 cm³/mol. The van der Waals surface area contributed by atoms with Gasteiger partial charge in [-0.2, -0.15) is 0 Å². The van der Waals surface area contributed by atoms with Crippen LogP contribution in [-0.2, 0) is 0 Å². The van der Waals surface area contributed by atoms with Crippen LogP contribution in [0.4, 0.5) is 0 Å². The highest BCUT2D eigenvalue weighted by Gasteiger charge is 2.11. The zero-order valence-corrected chi connectivity index (χ0v) is 9.98. The minimum atomic E-state index is -1.51. The van der Waals surface area contributed by atoms with Crippen LogP contribution >= 0.6 is 0 Å². The third-order valence-corrected chi connectivity index (χ3v) is 2.16. The molecule has 0 aliphatic heterocycles. The van der Waals surface area contributed by atoms with Crippen LogP contribution in [0, 0.1) is 0 Å². The van der Waals surface area contributed by atoms with Gasteiger partial charge < -0.3 is 10.0 Å². The van der Waals surface area contributed by atoms with Crippen molar-refractivity contribution < 1.29 is 10.0 Å². The summed E-state index contributed by atoms with van der Waals surface area (Å²) in [7, 11) is -1.51. The molecule has 0 rings (SSSR count). The van der Waals surface area contributed by atoms with Gasteiger partial charge in [0, 0.05) is 0 Å². The molecule has 0 spiro atoms. The third kappa shape index (κ3) is 4.96. The van der Waals surface area contributed by atoms with Crippen molar-refractivity contribution in [3.05, 3.63) is 60.2 Å². The van der Waals surface area contributed by atoms with Crippen LogP contribution < -0.4 is 0 Å². The van der Waals surface area contributed by atoms with E-state index in [1.54, 1.807) is 6.08 Å². The smallest absolute Gasteiger partial charge is 0.423 e. The molecule has 16 heavy (non-hydrogen) atoms. The van der Waals surface area contributed by atoms with Crippen molar-refractivity contribution in [2.45, 2.75) is 20.3 Å². The van der Waals surface area contributed by atoms with Gasteiger partial charge in [0.2, 0.25) is 0 Å². The molecule has 0 aromatic carbocycles. The largest absolute Gasteiger partial charge is 0.488 e. The Labute approximate surface area is 98.2 Å². The lowest BCUT2D eigenvalue weighted by molar-refractivity contribution is 0.420. The van der Waals surface area contributed by atoms with Gasteiger partial charge in [0.15, 0.2) is 0 Å². The molecule has 0 saturated carbocycles. The van der Waals surface area contributed by atoms with Crippen LogP contribution in [0.1, 0.15) is 20.3 Å². The zero-order chi connectivity index (χ0) is 12.6. The Morgan fingerprint density at radius 2 is 2.00 bits per heavy atom. The zero-order valence-electron chi connectivity index (χ0n) is 9.98. The normalized spacial score (nSPS) is 13.0. The molecule has 0 amide bonds. The van der Waals surface area contributed by atoms with E-state index in [1.807, 2.05) is 32.1 Å². The second kappa shape index (κ2) is 7.91. The molecule has 0 fully saturated rings. The average Bonchev–Trinajstić information content (AvgIpc) is 2.26. The fraction of sp³-hybridized carbons (Fsp3) is 0.231. The van der Waals surface area contributed by atoms with Gasteiger partial charge in [-0.15, -0.1) is 0 Å². The van der Waals surface area contributed by atoms with Crippen LogP contribution in [0.25, 0.3) is 0 Å². The van der Waals surface area contributed by atoms with Gasteiger partial charge >= 0.3 is 7.12 Å². The van der Waals surface area contributed by atoms with Crippen molar-refractivity contribution in [1.82, 2.24) is 0 Å². The maximum atomic E-state index is 9.03. The molecule has 86 valence electrons. The third-order valence-electron chi connectivity index (χ3n) is 2.16. The molecule has 0 aliphatic carbocycles. The highest BCUT2D eigenvalue weighted by molar-refractivity contribution is 6.51. The van der Waals surface area contributed by atoms with Crippen LogP contribution in [0.2, 0.25) is 0 Å². The highest BCUT2D eigenvalue weighted by Crippen LogP contribution is 2.16. The lowest BCUT2D eigenvalue weighted by atomic mass is 9.78. The van der Waals surface area contributed by atoms with E-state index in [0.29, 0.717) is 5.47 Å². The molecule has 0 radical (unpaired) electrons. The van der Waals surface area contributed by atoms with E-state index in [-0.39, 0.29) is 0 Å². The van der Waals surface area contributed by atoms with Crippen molar-refractivity contribution in [1.29, 1.82) is 0 Å². The lowest BCUT2D eigenvalue weighted by Crippen LogP contribution is -2.13. The quantitative estimate of drug-likeness (QED) is 0.531. The van der Waals surface area contributed by atoms with E-state index in [2.05, 4.69) is 13.2 Å². The molecule has 0 aromatic rings. The second-order valence-electron chi connectivity index (χ2n) is 3.32. The average molecular weight is 218 g/mol. The summed E-state index contributed by atoms with van der Waals surface area (Å²) >= 11 is 0. The van der Waals surface area contributed by atoms with Crippen molar-refractivity contribution in [3.63, 3.8) is 0 Å². The van der Waals surface area contributed by atoms with E-state index in [4.69, 9.17) is 10.0 Å². The minimum absolute atomic E-state index is 0.352. The molecule has 0 aliphatic rings. The van der Waals surface area contributed by atoms with Gasteiger partial charge in [0.05, 0.1) is 0 Å². The summed E-state index contributed by atoms with van der Waals surface area (Å²) in [5, 5.41) is 18.1. The Kier molecular flexibility index (Phi) is 7.26. The van der Waals surface area contributed by atoms with Gasteiger partial charge in [-0.3, -0.25) is 0 Å². The lowest BCUT2D eigenvalue weighted by Gasteiger charge is -2.06. The summed E-state index contributed by atoms with van der Waals surface area (Å²) in [6.45, 7) is 11.4.